The molecule has 0 saturated carbocycles. The maximum Gasteiger partial charge on any atom is 0.388 e. The molecule has 3 nitrogen and oxygen atoms in total. The van der Waals surface area contributed by atoms with E-state index in [1.54, 1.807) is 0 Å². The Kier molecular flexibility index (Phi) is 10.1. The highest BCUT2D eigenvalue weighted by Gasteiger charge is 2.54. The van der Waals surface area contributed by atoms with Crippen molar-refractivity contribution in [1.82, 2.24) is 0 Å². The Morgan fingerprint density at radius 3 is 1.12 bits per heavy atom. The van der Waals surface area contributed by atoms with Gasteiger partial charge in [-0.15, -0.1) is 13.2 Å². The first-order valence-corrected chi connectivity index (χ1v) is 23.4. The third kappa shape index (κ3) is 6.62. The fourth-order valence-corrected chi connectivity index (χ4v) is 24.6. The SMILES string of the molecule is C=C[Si](CC)(O[Si](C)(C)O[Si](O[Si](C=C)(CC)c1ccccc1)(c1ccccc1)c1ccccc1)c1ccccc1. The zero-order valence-corrected chi connectivity index (χ0v) is 28.8. The second-order valence-electron chi connectivity index (χ2n) is 10.7. The molecular weight excluding hydrogens is 569 g/mol. The first-order valence-electron chi connectivity index (χ1n) is 14.4. The average Bonchev–Trinajstić information content (AvgIpc) is 3.03. The van der Waals surface area contributed by atoms with Crippen molar-refractivity contribution in [2.75, 3.05) is 0 Å². The van der Waals surface area contributed by atoms with Crippen LogP contribution in [0.1, 0.15) is 13.8 Å². The van der Waals surface area contributed by atoms with E-state index in [1.807, 2.05) is 18.2 Å². The van der Waals surface area contributed by atoms with E-state index in [0.717, 1.165) is 22.5 Å². The molecule has 2 unspecified atom stereocenters. The van der Waals surface area contributed by atoms with E-state index in [0.29, 0.717) is 0 Å². The van der Waals surface area contributed by atoms with Crippen molar-refractivity contribution in [1.29, 1.82) is 0 Å². The molecule has 4 aromatic rings. The van der Waals surface area contributed by atoms with Gasteiger partial charge in [0.1, 0.15) is 0 Å². The Morgan fingerprint density at radius 1 is 0.488 bits per heavy atom. The van der Waals surface area contributed by atoms with E-state index in [2.05, 4.69) is 155 Å². The molecule has 0 radical (unpaired) electrons. The predicted molar refractivity (Wildman–Crippen MR) is 184 cm³/mol. The van der Waals surface area contributed by atoms with Gasteiger partial charge in [0.05, 0.1) is 0 Å². The quantitative estimate of drug-likeness (QED) is 0.159. The van der Waals surface area contributed by atoms with Gasteiger partial charge in [0.15, 0.2) is 0 Å². The lowest BCUT2D eigenvalue weighted by Gasteiger charge is -2.45. The van der Waals surface area contributed by atoms with Crippen LogP contribution in [0.5, 0.6) is 0 Å². The molecule has 212 valence electrons. The van der Waals surface area contributed by atoms with Gasteiger partial charge in [0.25, 0.3) is 0 Å². The molecule has 4 aromatic carbocycles. The van der Waals surface area contributed by atoms with Gasteiger partial charge < -0.3 is 12.3 Å². The molecule has 41 heavy (non-hydrogen) atoms. The van der Waals surface area contributed by atoms with Crippen LogP contribution >= 0.6 is 0 Å². The summed E-state index contributed by atoms with van der Waals surface area (Å²) in [4.78, 5) is 0. The summed E-state index contributed by atoms with van der Waals surface area (Å²) >= 11 is 0. The van der Waals surface area contributed by atoms with Crippen LogP contribution in [0.3, 0.4) is 0 Å². The minimum Gasteiger partial charge on any atom is -0.429 e. The molecule has 0 aliphatic heterocycles. The summed E-state index contributed by atoms with van der Waals surface area (Å²) in [5.41, 5.74) is 4.14. The molecule has 0 heterocycles. The first-order chi connectivity index (χ1) is 19.8. The van der Waals surface area contributed by atoms with Crippen molar-refractivity contribution in [3.05, 3.63) is 146 Å². The Hall–Kier alpha value is -2.89. The maximum absolute atomic E-state index is 7.69. The molecule has 0 aliphatic rings. The minimum absolute atomic E-state index is 0.839. The van der Waals surface area contributed by atoms with Gasteiger partial charge in [0, 0.05) is 0 Å². The molecule has 0 bridgehead atoms. The minimum atomic E-state index is -3.35. The van der Waals surface area contributed by atoms with E-state index >= 15 is 0 Å². The third-order valence-corrected chi connectivity index (χ3v) is 25.1. The highest BCUT2D eigenvalue weighted by molar-refractivity contribution is 7.06. The fourth-order valence-electron chi connectivity index (χ4n) is 5.52. The molecule has 0 saturated heterocycles. The predicted octanol–water partition coefficient (Wildman–Crippen LogP) is 6.19. The van der Waals surface area contributed by atoms with Gasteiger partial charge in [-0.3, -0.25) is 0 Å². The molecule has 0 amide bonds. The average molecular weight is 611 g/mol. The lowest BCUT2D eigenvalue weighted by molar-refractivity contribution is 0.345. The number of hydrogen-bond donors (Lipinski definition) is 0. The van der Waals surface area contributed by atoms with Crippen LogP contribution < -0.4 is 20.7 Å². The molecule has 2 atom stereocenters. The standard InChI is InChI=1S/C34H42O3Si4/c1-7-39(8-2,31-23-15-11-16-24-31)35-38(5,6)36-41(33-27-19-13-20-28-33,34-29-21-14-22-30-34)37-40(9-3,10-4)32-25-17-12-18-26-32/h7,9,11-30H,1,3,8,10H2,2,4-6H3. The van der Waals surface area contributed by atoms with Crippen molar-refractivity contribution in [3.63, 3.8) is 0 Å². The fraction of sp³-hybridized carbons (Fsp3) is 0.176. The van der Waals surface area contributed by atoms with Gasteiger partial charge >= 0.3 is 17.1 Å². The molecule has 4 rings (SSSR count). The summed E-state index contributed by atoms with van der Waals surface area (Å²) < 4.78 is 22.5. The van der Waals surface area contributed by atoms with Crippen molar-refractivity contribution in [2.24, 2.45) is 0 Å². The van der Waals surface area contributed by atoms with Crippen LogP contribution in [0.4, 0.5) is 0 Å². The second-order valence-corrected chi connectivity index (χ2v) is 25.3. The van der Waals surface area contributed by atoms with Crippen molar-refractivity contribution >= 4 is 54.5 Å². The van der Waals surface area contributed by atoms with Crippen LogP contribution in [-0.2, 0) is 12.3 Å². The molecule has 0 spiro atoms. The van der Waals surface area contributed by atoms with Gasteiger partial charge in [-0.2, -0.15) is 0 Å². The summed E-state index contributed by atoms with van der Waals surface area (Å²) in [7, 11) is -11.5. The molecular formula is C34H42O3Si4. The second kappa shape index (κ2) is 13.4. The van der Waals surface area contributed by atoms with E-state index in [-0.39, 0.29) is 0 Å². The monoisotopic (exact) mass is 610 g/mol. The van der Waals surface area contributed by atoms with Gasteiger partial charge in [-0.25, -0.2) is 0 Å². The number of hydrogen-bond acceptors (Lipinski definition) is 3. The van der Waals surface area contributed by atoms with Crippen LogP contribution in [0, 0.1) is 0 Å². The lowest BCUT2D eigenvalue weighted by atomic mass is 10.4. The van der Waals surface area contributed by atoms with Crippen LogP contribution in [0.15, 0.2) is 146 Å². The van der Waals surface area contributed by atoms with Crippen molar-refractivity contribution < 1.29 is 12.3 Å². The van der Waals surface area contributed by atoms with Crippen molar-refractivity contribution in [3.8, 4) is 0 Å². The van der Waals surface area contributed by atoms with Gasteiger partial charge in [-0.05, 0) is 45.9 Å². The zero-order chi connectivity index (χ0) is 29.4. The normalized spacial score (nSPS) is 14.9. The molecule has 0 aliphatic carbocycles. The lowest BCUT2D eigenvalue weighted by Crippen LogP contribution is -2.74. The Morgan fingerprint density at radius 2 is 0.805 bits per heavy atom. The van der Waals surface area contributed by atoms with Crippen molar-refractivity contribution in [2.45, 2.75) is 39.0 Å². The zero-order valence-electron chi connectivity index (χ0n) is 24.8. The summed E-state index contributed by atoms with van der Waals surface area (Å²) in [6.07, 6.45) is 0. The molecule has 0 N–H and O–H groups in total. The van der Waals surface area contributed by atoms with Crippen LogP contribution in [-0.4, -0.2) is 33.8 Å². The summed E-state index contributed by atoms with van der Waals surface area (Å²) in [5.74, 6) is 0. The summed E-state index contributed by atoms with van der Waals surface area (Å²) in [6, 6.07) is 43.8. The summed E-state index contributed by atoms with van der Waals surface area (Å²) in [6.45, 7) is 17.4. The van der Waals surface area contributed by atoms with E-state index in [1.165, 1.54) is 10.4 Å². The third-order valence-electron chi connectivity index (χ3n) is 7.69. The van der Waals surface area contributed by atoms with Gasteiger partial charge in [0.2, 0.25) is 16.6 Å². The number of rotatable bonds is 14. The summed E-state index contributed by atoms with van der Waals surface area (Å²) in [5, 5.41) is 4.54. The van der Waals surface area contributed by atoms with Gasteiger partial charge in [-0.1, -0.05) is 147 Å². The van der Waals surface area contributed by atoms with E-state index in [9.17, 15) is 0 Å². The van der Waals surface area contributed by atoms with E-state index < -0.39 is 33.8 Å². The molecule has 0 aromatic heterocycles. The molecule has 7 heteroatoms. The Bertz CT molecular complexity index is 1360. The topological polar surface area (TPSA) is 27.7 Å². The van der Waals surface area contributed by atoms with Crippen LogP contribution in [0.2, 0.25) is 25.2 Å². The largest absolute Gasteiger partial charge is 0.429 e. The highest BCUT2D eigenvalue weighted by atomic mass is 28.5. The number of benzene rings is 4. The first kappa shape index (κ1) is 31.1. The maximum atomic E-state index is 7.69. The molecule has 0 fully saturated rings. The highest BCUT2D eigenvalue weighted by Crippen LogP contribution is 2.28. The van der Waals surface area contributed by atoms with E-state index in [4.69, 9.17) is 12.3 Å². The Labute approximate surface area is 250 Å². The van der Waals surface area contributed by atoms with Crippen LogP contribution in [0.25, 0.3) is 0 Å². The Balaban J connectivity index is 1.92. The smallest absolute Gasteiger partial charge is 0.388 e.